The summed E-state index contributed by atoms with van der Waals surface area (Å²) >= 11 is 0. The molecule has 6 nitrogen and oxygen atoms in total. The summed E-state index contributed by atoms with van der Waals surface area (Å²) in [7, 11) is 0. The molecule has 0 radical (unpaired) electrons. The zero-order chi connectivity index (χ0) is 35.4. The minimum atomic E-state index is -2.19. The molecular formula is C42H85NO5. The van der Waals surface area contributed by atoms with Gasteiger partial charge in [-0.1, -0.05) is 206 Å². The third kappa shape index (κ3) is 32.7. The maximum atomic E-state index is 10.5. The van der Waals surface area contributed by atoms with Crippen LogP contribution in [0.2, 0.25) is 0 Å². The van der Waals surface area contributed by atoms with Crippen molar-refractivity contribution in [2.75, 3.05) is 6.61 Å². The van der Waals surface area contributed by atoms with E-state index in [-0.39, 0.29) is 12.8 Å². The van der Waals surface area contributed by atoms with Crippen molar-refractivity contribution in [3.8, 4) is 0 Å². The van der Waals surface area contributed by atoms with Gasteiger partial charge < -0.3 is 25.5 Å². The van der Waals surface area contributed by atoms with Crippen LogP contribution in [0.1, 0.15) is 226 Å². The lowest BCUT2D eigenvalue weighted by molar-refractivity contribution is -0.206. The summed E-state index contributed by atoms with van der Waals surface area (Å²) in [6.07, 6.45) is 41.8. The number of nitrogens with one attached hydrogen (secondary N) is 1. The smallest absolute Gasteiger partial charge is 0.222 e. The van der Waals surface area contributed by atoms with Gasteiger partial charge in [-0.25, -0.2) is 0 Å². The predicted molar refractivity (Wildman–Crippen MR) is 206 cm³/mol. The molecule has 0 rings (SSSR count). The van der Waals surface area contributed by atoms with Crippen molar-refractivity contribution in [3.05, 3.63) is 12.2 Å². The van der Waals surface area contributed by atoms with Gasteiger partial charge >= 0.3 is 0 Å². The summed E-state index contributed by atoms with van der Waals surface area (Å²) in [4.78, 5) is 0. The van der Waals surface area contributed by atoms with E-state index in [2.05, 4.69) is 19.2 Å². The van der Waals surface area contributed by atoms with E-state index in [4.69, 9.17) is 0 Å². The highest BCUT2D eigenvalue weighted by Crippen LogP contribution is 2.18. The van der Waals surface area contributed by atoms with Gasteiger partial charge in [-0.2, -0.15) is 0 Å². The molecule has 3 atom stereocenters. The number of hydrogen-bond donors (Lipinski definition) is 6. The van der Waals surface area contributed by atoms with Gasteiger partial charge in [0.05, 0.1) is 24.9 Å². The normalized spacial score (nSPS) is 14.2. The van der Waals surface area contributed by atoms with Crippen LogP contribution in [-0.2, 0) is 0 Å². The van der Waals surface area contributed by atoms with Crippen LogP contribution in [0.4, 0.5) is 0 Å². The zero-order valence-electron chi connectivity index (χ0n) is 32.2. The van der Waals surface area contributed by atoms with E-state index in [1.54, 1.807) is 0 Å². The third-order valence-electron chi connectivity index (χ3n) is 10.1. The standard InChI is InChI=1S/C42H85NO5/c1-3-5-7-9-11-13-15-17-18-19-20-21-22-23-24-25-27-29-31-33-35-37-42(47,48)43-39(38-44)41(46)40(45)36-34-32-30-28-26-16-14-12-10-8-6-4-2/h32,34,39-41,43-48H,3-31,33,35-38H2,1-2H3/b34-32+/t39-,40+,41-/m0/s1. The number of allylic oxidation sites excluding steroid dienone is 1. The molecule has 0 amide bonds. The third-order valence-corrected chi connectivity index (χ3v) is 10.1. The molecule has 0 spiro atoms. The molecular weight excluding hydrogens is 598 g/mol. The van der Waals surface area contributed by atoms with Crippen LogP contribution in [0.3, 0.4) is 0 Å². The summed E-state index contributed by atoms with van der Waals surface area (Å²) < 4.78 is 0. The fraction of sp³-hybridized carbons (Fsp3) is 0.952. The number of aliphatic hydroxyl groups excluding tert-OH is 3. The molecule has 0 saturated heterocycles. The van der Waals surface area contributed by atoms with Crippen LogP contribution in [0.5, 0.6) is 0 Å². The van der Waals surface area contributed by atoms with E-state index < -0.39 is 30.8 Å². The summed E-state index contributed by atoms with van der Waals surface area (Å²) in [6.45, 7) is 4.03. The Balaban J connectivity index is 3.73. The lowest BCUT2D eigenvalue weighted by Gasteiger charge is -2.32. The molecule has 6 heteroatoms. The van der Waals surface area contributed by atoms with Crippen LogP contribution in [0.15, 0.2) is 12.2 Å². The van der Waals surface area contributed by atoms with Crippen molar-refractivity contribution in [2.24, 2.45) is 0 Å². The molecule has 0 aromatic carbocycles. The van der Waals surface area contributed by atoms with Gasteiger partial charge in [0.1, 0.15) is 0 Å². The molecule has 0 bridgehead atoms. The van der Waals surface area contributed by atoms with Gasteiger partial charge in [-0.05, 0) is 25.7 Å². The highest BCUT2D eigenvalue weighted by atomic mass is 16.5. The zero-order valence-corrected chi connectivity index (χ0v) is 32.2. The minimum Gasteiger partial charge on any atom is -0.395 e. The van der Waals surface area contributed by atoms with Gasteiger partial charge in [-0.3, -0.25) is 5.32 Å². The molecule has 0 fully saturated rings. The van der Waals surface area contributed by atoms with Crippen LogP contribution in [0, 0.1) is 0 Å². The second-order valence-corrected chi connectivity index (χ2v) is 15.0. The quantitative estimate of drug-likeness (QED) is 0.0218. The molecule has 288 valence electrons. The lowest BCUT2D eigenvalue weighted by Crippen LogP contribution is -2.58. The summed E-state index contributed by atoms with van der Waals surface area (Å²) in [5.41, 5.74) is 0. The summed E-state index contributed by atoms with van der Waals surface area (Å²) in [6, 6.07) is -1.02. The molecule has 0 unspecified atom stereocenters. The number of hydrogen-bond acceptors (Lipinski definition) is 6. The molecule has 6 N–H and O–H groups in total. The number of unbranched alkanes of at least 4 members (excludes halogenated alkanes) is 29. The summed E-state index contributed by atoms with van der Waals surface area (Å²) in [5, 5.41) is 54.1. The number of rotatable bonds is 39. The fourth-order valence-electron chi connectivity index (χ4n) is 6.75. The Hall–Kier alpha value is -0.500. The van der Waals surface area contributed by atoms with Gasteiger partial charge in [0.2, 0.25) is 5.91 Å². The van der Waals surface area contributed by atoms with E-state index in [1.807, 2.05) is 12.2 Å². The molecule has 0 aromatic heterocycles. The van der Waals surface area contributed by atoms with Crippen LogP contribution in [-0.4, -0.2) is 56.3 Å². The van der Waals surface area contributed by atoms with E-state index >= 15 is 0 Å². The van der Waals surface area contributed by atoms with Gasteiger partial charge in [0.25, 0.3) is 0 Å². The molecule has 0 aliphatic carbocycles. The monoisotopic (exact) mass is 684 g/mol. The van der Waals surface area contributed by atoms with Crippen LogP contribution in [0.25, 0.3) is 0 Å². The highest BCUT2D eigenvalue weighted by molar-refractivity contribution is 4.90. The first kappa shape index (κ1) is 47.5. The van der Waals surface area contributed by atoms with Crippen molar-refractivity contribution in [3.63, 3.8) is 0 Å². The fourth-order valence-corrected chi connectivity index (χ4v) is 6.75. The number of aliphatic hydroxyl groups is 5. The first-order valence-electron chi connectivity index (χ1n) is 21.2. The van der Waals surface area contributed by atoms with Crippen molar-refractivity contribution in [1.29, 1.82) is 0 Å². The van der Waals surface area contributed by atoms with Crippen LogP contribution >= 0.6 is 0 Å². The first-order valence-corrected chi connectivity index (χ1v) is 21.2. The summed E-state index contributed by atoms with van der Waals surface area (Å²) in [5.74, 6) is -2.19. The van der Waals surface area contributed by atoms with E-state index in [0.29, 0.717) is 6.42 Å². The molecule has 0 aliphatic heterocycles. The highest BCUT2D eigenvalue weighted by Gasteiger charge is 2.32. The first-order chi connectivity index (χ1) is 23.4. The van der Waals surface area contributed by atoms with Gasteiger partial charge in [0.15, 0.2) is 0 Å². The predicted octanol–water partition coefficient (Wildman–Crippen LogP) is 10.8. The van der Waals surface area contributed by atoms with Gasteiger partial charge in [-0.15, -0.1) is 0 Å². The van der Waals surface area contributed by atoms with Crippen LogP contribution < -0.4 is 5.32 Å². The van der Waals surface area contributed by atoms with Gasteiger partial charge in [0, 0.05) is 6.42 Å². The Labute approximate surface area is 299 Å². The Morgan fingerprint density at radius 1 is 0.479 bits per heavy atom. The van der Waals surface area contributed by atoms with E-state index in [9.17, 15) is 25.5 Å². The maximum Gasteiger partial charge on any atom is 0.222 e. The second-order valence-electron chi connectivity index (χ2n) is 15.0. The SMILES string of the molecule is CCCCCCCCCCC/C=C/C[C@@H](O)[C@@H](O)[C@H](CO)NC(O)(O)CCCCCCCCCCCCCCCCCCCCCCC. The van der Waals surface area contributed by atoms with Crippen molar-refractivity contribution in [1.82, 2.24) is 5.32 Å². The molecule has 48 heavy (non-hydrogen) atoms. The molecule has 0 heterocycles. The largest absolute Gasteiger partial charge is 0.395 e. The molecule has 0 aliphatic rings. The van der Waals surface area contributed by atoms with E-state index in [1.165, 1.54) is 167 Å². The second kappa shape index (κ2) is 36.3. The minimum absolute atomic E-state index is 0.115. The van der Waals surface area contributed by atoms with E-state index in [0.717, 1.165) is 25.7 Å². The Morgan fingerprint density at radius 2 is 0.812 bits per heavy atom. The average Bonchev–Trinajstić information content (AvgIpc) is 3.07. The van der Waals surface area contributed by atoms with Crippen molar-refractivity contribution < 1.29 is 25.5 Å². The maximum absolute atomic E-state index is 10.5. The topological polar surface area (TPSA) is 113 Å². The Kier molecular flexibility index (Phi) is 35.9. The average molecular weight is 684 g/mol. The molecule has 0 saturated carbocycles. The molecule has 0 aromatic rings. The Bertz CT molecular complexity index is 658. The lowest BCUT2D eigenvalue weighted by atomic mass is 10.0. The van der Waals surface area contributed by atoms with Crippen molar-refractivity contribution in [2.45, 2.75) is 250 Å². The Morgan fingerprint density at radius 3 is 1.17 bits per heavy atom. The van der Waals surface area contributed by atoms with Crippen molar-refractivity contribution >= 4 is 0 Å².